The molecule has 2 aromatic rings. The Morgan fingerprint density at radius 2 is 2.11 bits per heavy atom. The van der Waals surface area contributed by atoms with Crippen LogP contribution in [0.3, 0.4) is 0 Å². The normalized spacial score (nSPS) is 16.2. The van der Waals surface area contributed by atoms with Crippen LogP contribution in [0.5, 0.6) is 0 Å². The first-order valence-electron chi connectivity index (χ1n) is 8.38. The minimum Gasteiger partial charge on any atom is -0.548 e. The third-order valence-electron chi connectivity index (χ3n) is 4.29. The van der Waals surface area contributed by atoms with Crippen LogP contribution in [0.4, 0.5) is 0 Å². The molecule has 3 heterocycles. The average molecular weight is 404 g/mol. The Hall–Kier alpha value is -2.39. The van der Waals surface area contributed by atoms with Gasteiger partial charge in [-0.25, -0.2) is 4.68 Å². The molecule has 142 valence electrons. The lowest BCUT2D eigenvalue weighted by molar-refractivity contribution is -0.305. The number of carbonyl (C=O) groups is 2. The number of aliphatic carboxylic acids is 1. The van der Waals surface area contributed by atoms with Crippen LogP contribution in [0.25, 0.3) is 11.9 Å². The van der Waals surface area contributed by atoms with Crippen LogP contribution >= 0.6 is 24.0 Å². The number of aryl methyl sites for hydroxylation is 1. The first-order chi connectivity index (χ1) is 12.7. The SMILES string of the molecule is Cc1cc(/C=C2\SC(=S)N(CC(=O)[O-])C2=O)c(C)n1-c1ccnn1C(C)C. The molecule has 0 aliphatic carbocycles. The summed E-state index contributed by atoms with van der Waals surface area (Å²) < 4.78 is 4.24. The van der Waals surface area contributed by atoms with Gasteiger partial charge in [0.05, 0.1) is 23.6 Å². The molecule has 0 saturated carbocycles. The molecule has 0 radical (unpaired) electrons. The molecular weight excluding hydrogens is 384 g/mol. The molecule has 3 rings (SSSR count). The molecule has 1 fully saturated rings. The first-order valence-corrected chi connectivity index (χ1v) is 9.61. The number of rotatable bonds is 5. The van der Waals surface area contributed by atoms with E-state index in [0.29, 0.717) is 4.91 Å². The number of carbonyl (C=O) groups excluding carboxylic acids is 2. The third kappa shape index (κ3) is 3.57. The number of thioether (sulfide) groups is 1. The number of hydrogen-bond acceptors (Lipinski definition) is 6. The second-order valence-corrected chi connectivity index (χ2v) is 8.21. The number of aromatic nitrogens is 3. The van der Waals surface area contributed by atoms with E-state index in [2.05, 4.69) is 23.5 Å². The molecule has 1 saturated heterocycles. The smallest absolute Gasteiger partial charge is 0.266 e. The van der Waals surface area contributed by atoms with E-state index in [1.54, 1.807) is 12.3 Å². The van der Waals surface area contributed by atoms with Crippen LogP contribution in [0.1, 0.15) is 36.8 Å². The predicted molar refractivity (Wildman–Crippen MR) is 106 cm³/mol. The fourth-order valence-electron chi connectivity index (χ4n) is 3.08. The van der Waals surface area contributed by atoms with E-state index in [-0.39, 0.29) is 10.4 Å². The first kappa shape index (κ1) is 19.4. The van der Waals surface area contributed by atoms with Gasteiger partial charge >= 0.3 is 0 Å². The van der Waals surface area contributed by atoms with E-state index >= 15 is 0 Å². The molecule has 1 aliphatic heterocycles. The highest BCUT2D eigenvalue weighted by Gasteiger charge is 2.32. The molecule has 0 N–H and O–H groups in total. The van der Waals surface area contributed by atoms with Gasteiger partial charge in [-0.2, -0.15) is 5.10 Å². The fourth-order valence-corrected chi connectivity index (χ4v) is 4.32. The van der Waals surface area contributed by atoms with Crippen molar-refractivity contribution in [2.75, 3.05) is 6.54 Å². The van der Waals surface area contributed by atoms with Gasteiger partial charge in [-0.15, -0.1) is 0 Å². The van der Waals surface area contributed by atoms with Gasteiger partial charge in [-0.1, -0.05) is 24.0 Å². The minimum atomic E-state index is -1.34. The summed E-state index contributed by atoms with van der Waals surface area (Å²) in [5, 5.41) is 15.2. The number of carboxylic acids is 1. The highest BCUT2D eigenvalue weighted by atomic mass is 32.2. The van der Waals surface area contributed by atoms with Crippen molar-refractivity contribution in [1.82, 2.24) is 19.2 Å². The highest BCUT2D eigenvalue weighted by molar-refractivity contribution is 8.26. The number of hydrogen-bond donors (Lipinski definition) is 0. The van der Waals surface area contributed by atoms with Crippen molar-refractivity contribution in [3.8, 4) is 5.82 Å². The molecule has 2 aromatic heterocycles. The zero-order chi connectivity index (χ0) is 19.9. The monoisotopic (exact) mass is 403 g/mol. The minimum absolute atomic E-state index is 0.209. The van der Waals surface area contributed by atoms with Gasteiger partial charge in [0.15, 0.2) is 0 Å². The fraction of sp³-hybridized carbons (Fsp3) is 0.333. The van der Waals surface area contributed by atoms with Crippen LogP contribution in [-0.4, -0.2) is 42.0 Å². The summed E-state index contributed by atoms with van der Waals surface area (Å²) in [4.78, 5) is 24.7. The van der Waals surface area contributed by atoms with Crippen LogP contribution in [-0.2, 0) is 9.59 Å². The van der Waals surface area contributed by atoms with Gasteiger partial charge in [-0.3, -0.25) is 9.69 Å². The Labute approximate surface area is 166 Å². The van der Waals surface area contributed by atoms with Gasteiger partial charge < -0.3 is 14.5 Å². The van der Waals surface area contributed by atoms with Gasteiger partial charge in [0, 0.05) is 23.5 Å². The van der Waals surface area contributed by atoms with Crippen molar-refractivity contribution in [3.63, 3.8) is 0 Å². The largest absolute Gasteiger partial charge is 0.548 e. The van der Waals surface area contributed by atoms with E-state index in [1.165, 1.54) is 0 Å². The number of thiocarbonyl (C=S) groups is 1. The van der Waals surface area contributed by atoms with Crippen molar-refractivity contribution in [3.05, 3.63) is 40.2 Å². The van der Waals surface area contributed by atoms with Crippen molar-refractivity contribution in [2.45, 2.75) is 33.7 Å². The zero-order valence-electron chi connectivity index (χ0n) is 15.4. The Kier molecular flexibility index (Phi) is 5.25. The molecule has 0 bridgehead atoms. The standard InChI is InChI=1S/C18H20N4O3S2/c1-10(2)22-15(5-6-19-22)21-11(3)7-13(12(21)4)8-14-17(25)20(9-16(23)24)18(26)27-14/h5-8,10H,9H2,1-4H3,(H,23,24)/p-1/b14-8-. The maximum absolute atomic E-state index is 12.5. The lowest BCUT2D eigenvalue weighted by atomic mass is 10.2. The molecule has 27 heavy (non-hydrogen) atoms. The molecule has 0 atom stereocenters. The van der Waals surface area contributed by atoms with Gasteiger partial charge in [0.25, 0.3) is 5.91 Å². The van der Waals surface area contributed by atoms with Crippen molar-refractivity contribution in [2.24, 2.45) is 0 Å². The molecule has 0 aromatic carbocycles. The summed E-state index contributed by atoms with van der Waals surface area (Å²) >= 11 is 6.22. The summed E-state index contributed by atoms with van der Waals surface area (Å²) in [7, 11) is 0. The lowest BCUT2D eigenvalue weighted by Gasteiger charge is -2.15. The lowest BCUT2D eigenvalue weighted by Crippen LogP contribution is -2.40. The number of amides is 1. The van der Waals surface area contributed by atoms with Gasteiger partial charge in [0.2, 0.25) is 0 Å². The van der Waals surface area contributed by atoms with Gasteiger partial charge in [-0.05, 0) is 45.4 Å². The van der Waals surface area contributed by atoms with Crippen molar-refractivity contribution >= 4 is 46.3 Å². The number of nitrogens with zero attached hydrogens (tertiary/aromatic N) is 4. The van der Waals surface area contributed by atoms with Crippen LogP contribution in [0.15, 0.2) is 23.2 Å². The molecule has 0 spiro atoms. The van der Waals surface area contributed by atoms with E-state index in [9.17, 15) is 14.7 Å². The van der Waals surface area contributed by atoms with E-state index < -0.39 is 18.4 Å². The number of carboxylic acid groups (broad SMARTS) is 1. The maximum atomic E-state index is 12.5. The molecule has 0 unspecified atom stereocenters. The van der Waals surface area contributed by atoms with Crippen molar-refractivity contribution in [1.29, 1.82) is 0 Å². The molecule has 9 heteroatoms. The van der Waals surface area contributed by atoms with Crippen molar-refractivity contribution < 1.29 is 14.7 Å². The molecule has 7 nitrogen and oxygen atoms in total. The van der Waals surface area contributed by atoms with Gasteiger partial charge in [0.1, 0.15) is 10.1 Å². The summed E-state index contributed by atoms with van der Waals surface area (Å²) in [6, 6.07) is 4.14. The van der Waals surface area contributed by atoms with E-state index in [0.717, 1.165) is 39.4 Å². The zero-order valence-corrected chi connectivity index (χ0v) is 17.1. The molecule has 1 amide bonds. The Morgan fingerprint density at radius 1 is 1.41 bits per heavy atom. The third-order valence-corrected chi connectivity index (χ3v) is 5.66. The van der Waals surface area contributed by atoms with Crippen LogP contribution in [0.2, 0.25) is 0 Å². The van der Waals surface area contributed by atoms with E-state index in [1.807, 2.05) is 30.7 Å². The summed E-state index contributed by atoms with van der Waals surface area (Å²) in [5.41, 5.74) is 2.84. The highest BCUT2D eigenvalue weighted by Crippen LogP contribution is 2.34. The summed E-state index contributed by atoms with van der Waals surface area (Å²) in [6.45, 7) is 7.55. The predicted octanol–water partition coefficient (Wildman–Crippen LogP) is 1.82. The maximum Gasteiger partial charge on any atom is 0.266 e. The second-order valence-electron chi connectivity index (χ2n) is 6.53. The topological polar surface area (TPSA) is 83.2 Å². The quantitative estimate of drug-likeness (QED) is 0.559. The average Bonchev–Trinajstić information content (AvgIpc) is 3.22. The summed E-state index contributed by atoms with van der Waals surface area (Å²) in [5.74, 6) is -0.803. The molecule has 1 aliphatic rings. The molecular formula is C18H19N4O3S2-. The van der Waals surface area contributed by atoms with Crippen LogP contribution < -0.4 is 5.11 Å². The Morgan fingerprint density at radius 3 is 2.74 bits per heavy atom. The Balaban J connectivity index is 1.99. The van der Waals surface area contributed by atoms with E-state index in [4.69, 9.17) is 12.2 Å². The Bertz CT molecular complexity index is 971. The van der Waals surface area contributed by atoms with Crippen LogP contribution in [0, 0.1) is 13.8 Å². The summed E-state index contributed by atoms with van der Waals surface area (Å²) in [6.07, 6.45) is 3.52. The second kappa shape index (κ2) is 7.32.